The molecule has 1 aliphatic carbocycles. The van der Waals surface area contributed by atoms with Crippen molar-refractivity contribution in [1.29, 1.82) is 5.26 Å². The maximum atomic E-state index is 12.6. The number of aromatic nitrogens is 2. The number of carbonyl (C=O) groups is 2. The molecule has 1 aliphatic heterocycles. The lowest BCUT2D eigenvalue weighted by atomic mass is 9.98. The van der Waals surface area contributed by atoms with Crippen LogP contribution < -0.4 is 21.9 Å². The molecule has 3 rings (SSSR count). The van der Waals surface area contributed by atoms with Gasteiger partial charge in [-0.25, -0.2) is 9.59 Å². The Hall–Kier alpha value is -3.09. The Morgan fingerprint density at radius 2 is 1.81 bits per heavy atom. The molecule has 2 fully saturated rings. The molecule has 144 valence electrons. The number of imide groups is 1. The fourth-order valence-electron chi connectivity index (χ4n) is 3.79. The molecule has 0 aromatic carbocycles. The predicted molar refractivity (Wildman–Crippen MR) is 96.2 cm³/mol. The minimum Gasteiger partial charge on any atom is -0.370 e. The van der Waals surface area contributed by atoms with Crippen LogP contribution in [0.25, 0.3) is 0 Å². The highest BCUT2D eigenvalue weighted by Gasteiger charge is 2.51. The van der Waals surface area contributed by atoms with E-state index in [-0.39, 0.29) is 29.9 Å². The SMILES string of the molecule is Cn1c(NCCCN2C(=O)NC3(CCCC3)C2=O)c(C#N)c(=O)n(C)c1=O. The molecule has 1 aromatic heterocycles. The highest BCUT2D eigenvalue weighted by atomic mass is 16.2. The molecule has 27 heavy (non-hydrogen) atoms. The van der Waals surface area contributed by atoms with Crippen LogP contribution in [-0.4, -0.2) is 44.6 Å². The fourth-order valence-corrected chi connectivity index (χ4v) is 3.79. The normalized spacial score (nSPS) is 18.0. The molecule has 3 amide bonds. The van der Waals surface area contributed by atoms with Crippen LogP contribution in [0.5, 0.6) is 0 Å². The topological polar surface area (TPSA) is 129 Å². The fraction of sp³-hybridized carbons (Fsp3) is 0.588. The molecule has 10 nitrogen and oxygen atoms in total. The van der Waals surface area contributed by atoms with Crippen molar-refractivity contribution in [2.75, 3.05) is 18.4 Å². The van der Waals surface area contributed by atoms with Crippen LogP contribution in [0, 0.1) is 11.3 Å². The number of urea groups is 1. The van der Waals surface area contributed by atoms with Gasteiger partial charge in [-0.1, -0.05) is 12.8 Å². The van der Waals surface area contributed by atoms with E-state index in [0.717, 1.165) is 17.4 Å². The van der Waals surface area contributed by atoms with Crippen molar-refractivity contribution in [2.24, 2.45) is 14.1 Å². The maximum Gasteiger partial charge on any atom is 0.332 e. The van der Waals surface area contributed by atoms with Crippen LogP contribution in [0.3, 0.4) is 0 Å². The third-order valence-electron chi connectivity index (χ3n) is 5.33. The standard InChI is InChI=1S/C17H22N6O4/c1-21-12(11(10-18)13(24)22(2)16(21)27)19-8-5-9-23-14(25)17(20-15(23)26)6-3-4-7-17/h19H,3-9H2,1-2H3,(H,20,26). The van der Waals surface area contributed by atoms with Crippen LogP contribution in [0.2, 0.25) is 0 Å². The monoisotopic (exact) mass is 374 g/mol. The van der Waals surface area contributed by atoms with Gasteiger partial charge in [0.15, 0.2) is 5.56 Å². The Morgan fingerprint density at radius 3 is 2.44 bits per heavy atom. The molecule has 1 aromatic rings. The van der Waals surface area contributed by atoms with Crippen LogP contribution in [0.1, 0.15) is 37.7 Å². The zero-order valence-electron chi connectivity index (χ0n) is 15.4. The molecular formula is C17H22N6O4. The number of hydrogen-bond acceptors (Lipinski definition) is 6. The van der Waals surface area contributed by atoms with Crippen molar-refractivity contribution < 1.29 is 9.59 Å². The Labute approximate surface area is 155 Å². The second kappa shape index (κ2) is 6.90. The zero-order valence-corrected chi connectivity index (χ0v) is 15.4. The first-order valence-electron chi connectivity index (χ1n) is 8.90. The molecule has 1 saturated carbocycles. The summed E-state index contributed by atoms with van der Waals surface area (Å²) in [6.45, 7) is 0.513. The summed E-state index contributed by atoms with van der Waals surface area (Å²) in [4.78, 5) is 50.0. The molecule has 2 heterocycles. The average molecular weight is 374 g/mol. The minimum absolute atomic E-state index is 0.134. The van der Waals surface area contributed by atoms with Crippen LogP contribution in [-0.2, 0) is 18.9 Å². The second-order valence-electron chi connectivity index (χ2n) is 7.00. The first-order valence-corrected chi connectivity index (χ1v) is 8.90. The van der Waals surface area contributed by atoms with Crippen LogP contribution in [0.15, 0.2) is 9.59 Å². The van der Waals surface area contributed by atoms with Crippen molar-refractivity contribution in [3.63, 3.8) is 0 Å². The first-order chi connectivity index (χ1) is 12.8. The average Bonchev–Trinajstić information content (AvgIpc) is 3.21. The highest BCUT2D eigenvalue weighted by molar-refractivity contribution is 6.07. The van der Waals surface area contributed by atoms with Crippen molar-refractivity contribution in [2.45, 2.75) is 37.6 Å². The van der Waals surface area contributed by atoms with Gasteiger partial charge in [-0.15, -0.1) is 0 Å². The number of carbonyl (C=O) groups excluding carboxylic acids is 2. The number of nitriles is 1. The zero-order chi connectivity index (χ0) is 19.8. The second-order valence-corrected chi connectivity index (χ2v) is 7.00. The van der Waals surface area contributed by atoms with E-state index in [4.69, 9.17) is 0 Å². The smallest absolute Gasteiger partial charge is 0.332 e. The molecule has 0 bridgehead atoms. The molecule has 0 radical (unpaired) electrons. The van der Waals surface area contributed by atoms with Gasteiger partial charge in [0, 0.05) is 27.2 Å². The minimum atomic E-state index is -0.728. The van der Waals surface area contributed by atoms with Gasteiger partial charge in [-0.2, -0.15) is 5.26 Å². The van der Waals surface area contributed by atoms with E-state index >= 15 is 0 Å². The summed E-state index contributed by atoms with van der Waals surface area (Å²) in [5.74, 6) is -0.0428. The molecule has 0 unspecified atom stereocenters. The number of nitrogens with zero attached hydrogens (tertiary/aromatic N) is 4. The van der Waals surface area contributed by atoms with Gasteiger partial charge in [0.2, 0.25) is 0 Å². The van der Waals surface area contributed by atoms with E-state index in [1.54, 1.807) is 0 Å². The number of nitrogens with one attached hydrogen (secondary N) is 2. The van der Waals surface area contributed by atoms with Gasteiger partial charge in [-0.3, -0.25) is 23.6 Å². The van der Waals surface area contributed by atoms with Crippen molar-refractivity contribution >= 4 is 17.8 Å². The number of amides is 3. The summed E-state index contributed by atoms with van der Waals surface area (Å²) in [7, 11) is 2.78. The lowest BCUT2D eigenvalue weighted by Crippen LogP contribution is -2.44. The van der Waals surface area contributed by atoms with Gasteiger partial charge in [-0.05, 0) is 19.3 Å². The summed E-state index contributed by atoms with van der Waals surface area (Å²) in [5.41, 5.74) is -2.09. The molecular weight excluding hydrogens is 352 g/mol. The molecule has 2 aliphatic rings. The van der Waals surface area contributed by atoms with Crippen molar-refractivity contribution in [3.05, 3.63) is 26.4 Å². The molecule has 1 saturated heterocycles. The predicted octanol–water partition coefficient (Wildman–Crippen LogP) is -0.378. The molecule has 2 N–H and O–H groups in total. The third-order valence-corrected chi connectivity index (χ3v) is 5.33. The summed E-state index contributed by atoms with van der Waals surface area (Å²) < 4.78 is 2.07. The van der Waals surface area contributed by atoms with Gasteiger partial charge < -0.3 is 10.6 Å². The Morgan fingerprint density at radius 1 is 1.15 bits per heavy atom. The molecule has 1 spiro atoms. The van der Waals surface area contributed by atoms with Gasteiger partial charge >= 0.3 is 11.7 Å². The quantitative estimate of drug-likeness (QED) is 0.534. The Bertz CT molecular complexity index is 948. The van der Waals surface area contributed by atoms with Gasteiger partial charge in [0.05, 0.1) is 0 Å². The summed E-state index contributed by atoms with van der Waals surface area (Å²) in [5, 5.41) is 15.0. The van der Waals surface area contributed by atoms with Crippen molar-refractivity contribution in [1.82, 2.24) is 19.4 Å². The summed E-state index contributed by atoms with van der Waals surface area (Å²) in [6, 6.07) is 1.44. The van der Waals surface area contributed by atoms with Gasteiger partial charge in [0.1, 0.15) is 17.4 Å². The first kappa shape index (κ1) is 18.7. The van der Waals surface area contributed by atoms with Crippen molar-refractivity contribution in [3.8, 4) is 6.07 Å². The van der Waals surface area contributed by atoms with E-state index in [9.17, 15) is 24.4 Å². The molecule has 10 heteroatoms. The number of hydrogen-bond donors (Lipinski definition) is 2. The lowest BCUT2D eigenvalue weighted by Gasteiger charge is -2.20. The van der Waals surface area contributed by atoms with Crippen LogP contribution >= 0.6 is 0 Å². The van der Waals surface area contributed by atoms with E-state index in [1.165, 1.54) is 23.6 Å². The van der Waals surface area contributed by atoms with E-state index in [1.807, 2.05) is 6.07 Å². The highest BCUT2D eigenvalue weighted by Crippen LogP contribution is 2.34. The summed E-state index contributed by atoms with van der Waals surface area (Å²) in [6.07, 6.45) is 3.62. The number of rotatable bonds is 5. The Balaban J connectivity index is 1.66. The summed E-state index contributed by atoms with van der Waals surface area (Å²) >= 11 is 0. The number of anilines is 1. The maximum absolute atomic E-state index is 12.6. The van der Waals surface area contributed by atoms with E-state index < -0.39 is 16.8 Å². The van der Waals surface area contributed by atoms with Crippen LogP contribution in [0.4, 0.5) is 10.6 Å². The largest absolute Gasteiger partial charge is 0.370 e. The van der Waals surface area contributed by atoms with E-state index in [2.05, 4.69) is 10.6 Å². The molecule has 0 atom stereocenters. The lowest BCUT2D eigenvalue weighted by molar-refractivity contribution is -0.131. The Kier molecular flexibility index (Phi) is 4.78. The van der Waals surface area contributed by atoms with Gasteiger partial charge in [0.25, 0.3) is 11.5 Å². The van der Waals surface area contributed by atoms with E-state index in [0.29, 0.717) is 25.8 Å². The third kappa shape index (κ3) is 2.99.